The monoisotopic (exact) mass is 202 g/mol. The van der Waals surface area contributed by atoms with Crippen LogP contribution in [0.4, 0.5) is 0 Å². The van der Waals surface area contributed by atoms with Gasteiger partial charge in [-0.3, -0.25) is 0 Å². The largest absolute Gasteiger partial charge is 0.463 e. The molecule has 0 radical (unpaired) electrons. The topological polar surface area (TPSA) is 35.5 Å². The van der Waals surface area contributed by atoms with Crippen molar-refractivity contribution in [2.24, 2.45) is 0 Å². The Balaban J connectivity index is 3.64. The molecule has 76 valence electrons. The molecular weight excluding hydrogens is 184 g/mol. The highest BCUT2D eigenvalue weighted by Crippen LogP contribution is 1.96. The van der Waals surface area contributed by atoms with E-state index >= 15 is 0 Å². The van der Waals surface area contributed by atoms with Crippen molar-refractivity contribution in [3.8, 4) is 0 Å². The van der Waals surface area contributed by atoms with Gasteiger partial charge in [0.1, 0.15) is 0 Å². The van der Waals surface area contributed by atoms with Crippen molar-refractivity contribution in [3.63, 3.8) is 0 Å². The number of ether oxygens (including phenoxy) is 1. The molecule has 0 atom stereocenters. The average molecular weight is 202 g/mol. The van der Waals surface area contributed by atoms with Crippen LogP contribution in [0, 0.1) is 0 Å². The van der Waals surface area contributed by atoms with Crippen LogP contribution in [-0.4, -0.2) is 28.4 Å². The van der Waals surface area contributed by atoms with E-state index in [1.54, 1.807) is 0 Å². The molecule has 0 aromatic rings. The average Bonchev–Trinajstić information content (AvgIpc) is 2.10. The van der Waals surface area contributed by atoms with Gasteiger partial charge in [0.05, 0.1) is 6.61 Å². The van der Waals surface area contributed by atoms with E-state index < -0.39 is 9.76 Å². The first-order valence-electron chi connectivity index (χ1n) is 4.54. The van der Waals surface area contributed by atoms with Crippen molar-refractivity contribution < 1.29 is 14.0 Å². The predicted octanol–water partition coefficient (Wildman–Crippen LogP) is 0.962. The Morgan fingerprint density at radius 2 is 2.15 bits per heavy atom. The number of carbonyl (C=O) groups is 1. The molecule has 13 heavy (non-hydrogen) atoms. The fraction of sp³-hybridized carbons (Fsp3) is 0.667. The second kappa shape index (κ2) is 6.86. The van der Waals surface area contributed by atoms with E-state index in [-0.39, 0.29) is 12.1 Å². The minimum atomic E-state index is -0.956. The van der Waals surface area contributed by atoms with Crippen LogP contribution in [0.2, 0.25) is 0 Å². The molecule has 0 saturated carbocycles. The molecule has 0 rings (SSSR count). The zero-order chi connectivity index (χ0) is 10.3. The van der Waals surface area contributed by atoms with Crippen molar-refractivity contribution in [1.29, 1.82) is 0 Å². The van der Waals surface area contributed by atoms with Crippen molar-refractivity contribution in [1.82, 2.24) is 0 Å². The van der Waals surface area contributed by atoms with Gasteiger partial charge in [-0.2, -0.15) is 0 Å². The zero-order valence-corrected chi connectivity index (χ0v) is 10.0. The summed E-state index contributed by atoms with van der Waals surface area (Å²) in [6.07, 6.45) is 1.01. The molecule has 0 unspecified atom stereocenters. The Bertz CT molecular complexity index is 178. The molecule has 0 heterocycles. The van der Waals surface area contributed by atoms with Crippen LogP contribution < -0.4 is 0 Å². The summed E-state index contributed by atoms with van der Waals surface area (Å²) in [5, 5.41) is 0.516. The molecule has 0 fully saturated rings. The van der Waals surface area contributed by atoms with Crippen molar-refractivity contribution in [2.45, 2.75) is 33.3 Å². The number of carbonyl (C=O) groups excluding carboxylic acids is 1. The van der Waals surface area contributed by atoms with Gasteiger partial charge < -0.3 is 9.16 Å². The van der Waals surface area contributed by atoms with Gasteiger partial charge in [0.2, 0.25) is 0 Å². The summed E-state index contributed by atoms with van der Waals surface area (Å²) >= 11 is 0. The standard InChI is InChI=1S/C9H18O3Si/c1-5-6-11-9(10)8(4)13-12-7(2)3/h7H,4-6,13H2,1-3H3. The van der Waals surface area contributed by atoms with E-state index in [4.69, 9.17) is 9.16 Å². The van der Waals surface area contributed by atoms with E-state index in [2.05, 4.69) is 6.58 Å². The van der Waals surface area contributed by atoms with E-state index in [0.29, 0.717) is 11.8 Å². The third-order valence-corrected chi connectivity index (χ3v) is 2.79. The zero-order valence-electron chi connectivity index (χ0n) is 8.63. The van der Waals surface area contributed by atoms with E-state index in [1.165, 1.54) is 0 Å². The Morgan fingerprint density at radius 1 is 1.54 bits per heavy atom. The molecule has 0 aliphatic carbocycles. The molecule has 0 spiro atoms. The molecule has 0 aliphatic rings. The summed E-state index contributed by atoms with van der Waals surface area (Å²) in [6.45, 7) is 9.95. The third kappa shape index (κ3) is 6.54. The second-order valence-electron chi connectivity index (χ2n) is 3.10. The van der Waals surface area contributed by atoms with Crippen molar-refractivity contribution >= 4 is 15.7 Å². The molecule has 0 aromatic carbocycles. The van der Waals surface area contributed by atoms with Crippen LogP contribution in [0.1, 0.15) is 27.2 Å². The van der Waals surface area contributed by atoms with Crippen LogP contribution in [-0.2, 0) is 14.0 Å². The van der Waals surface area contributed by atoms with Gasteiger partial charge in [-0.1, -0.05) is 13.5 Å². The molecule has 0 aliphatic heterocycles. The number of hydrogen-bond acceptors (Lipinski definition) is 3. The maximum atomic E-state index is 11.1. The number of hydrogen-bond donors (Lipinski definition) is 0. The Kier molecular flexibility index (Phi) is 6.53. The number of rotatable bonds is 6. The minimum Gasteiger partial charge on any atom is -0.463 e. The molecule has 3 nitrogen and oxygen atoms in total. The lowest BCUT2D eigenvalue weighted by Gasteiger charge is -2.08. The maximum Gasteiger partial charge on any atom is 0.331 e. The predicted molar refractivity (Wildman–Crippen MR) is 55.2 cm³/mol. The summed E-state index contributed by atoms with van der Waals surface area (Å²) < 4.78 is 10.2. The van der Waals surface area contributed by atoms with Crippen LogP contribution in [0.15, 0.2) is 11.8 Å². The highest BCUT2D eigenvalue weighted by atomic mass is 28.2. The van der Waals surface area contributed by atoms with E-state index in [0.717, 1.165) is 6.42 Å². The van der Waals surface area contributed by atoms with Gasteiger partial charge >= 0.3 is 5.97 Å². The third-order valence-electron chi connectivity index (χ3n) is 1.32. The van der Waals surface area contributed by atoms with Crippen LogP contribution in [0.25, 0.3) is 0 Å². The Hall–Kier alpha value is -0.613. The highest BCUT2D eigenvalue weighted by Gasteiger charge is 2.09. The molecule has 0 aromatic heterocycles. The fourth-order valence-corrected chi connectivity index (χ4v) is 1.38. The van der Waals surface area contributed by atoms with Gasteiger partial charge in [0.25, 0.3) is 0 Å². The Morgan fingerprint density at radius 3 is 2.62 bits per heavy atom. The van der Waals surface area contributed by atoms with E-state index in [1.807, 2.05) is 20.8 Å². The molecule has 0 amide bonds. The summed E-state index contributed by atoms with van der Waals surface area (Å²) in [5.41, 5.74) is 0. The summed E-state index contributed by atoms with van der Waals surface area (Å²) in [4.78, 5) is 11.1. The van der Waals surface area contributed by atoms with Crippen LogP contribution in [0.3, 0.4) is 0 Å². The SMILES string of the molecule is C=C([SiH2]OC(C)C)C(=O)OCCC. The lowest BCUT2D eigenvalue weighted by molar-refractivity contribution is -0.138. The van der Waals surface area contributed by atoms with Gasteiger partial charge in [0, 0.05) is 11.3 Å². The molecule has 0 saturated heterocycles. The minimum absolute atomic E-state index is 0.169. The van der Waals surface area contributed by atoms with Crippen molar-refractivity contribution in [2.75, 3.05) is 6.61 Å². The summed E-state index contributed by atoms with van der Waals surface area (Å²) in [5.74, 6) is -0.297. The quantitative estimate of drug-likeness (QED) is 0.366. The Labute approximate surface area is 82.1 Å². The molecule has 4 heteroatoms. The first-order chi connectivity index (χ1) is 6.07. The van der Waals surface area contributed by atoms with Gasteiger partial charge in [-0.25, -0.2) is 4.79 Å². The summed E-state index contributed by atoms with van der Waals surface area (Å²) in [6, 6.07) is 0. The first-order valence-corrected chi connectivity index (χ1v) is 5.82. The van der Waals surface area contributed by atoms with Gasteiger partial charge in [-0.15, -0.1) is 0 Å². The smallest absolute Gasteiger partial charge is 0.331 e. The maximum absolute atomic E-state index is 11.1. The number of esters is 1. The summed E-state index contributed by atoms with van der Waals surface area (Å²) in [7, 11) is -0.956. The van der Waals surface area contributed by atoms with Gasteiger partial charge in [-0.05, 0) is 20.3 Å². The molecular formula is C9H18O3Si. The normalized spacial score (nSPS) is 11.1. The highest BCUT2D eigenvalue weighted by molar-refractivity contribution is 6.47. The fourth-order valence-electron chi connectivity index (χ4n) is 0.623. The first kappa shape index (κ1) is 12.4. The van der Waals surface area contributed by atoms with Crippen LogP contribution in [0.5, 0.6) is 0 Å². The second-order valence-corrected chi connectivity index (χ2v) is 4.57. The van der Waals surface area contributed by atoms with Gasteiger partial charge in [0.15, 0.2) is 9.76 Å². The van der Waals surface area contributed by atoms with Crippen LogP contribution >= 0.6 is 0 Å². The lowest BCUT2D eigenvalue weighted by atomic mass is 10.5. The molecule has 0 N–H and O–H groups in total. The lowest BCUT2D eigenvalue weighted by Crippen LogP contribution is -2.17. The van der Waals surface area contributed by atoms with Crippen molar-refractivity contribution in [3.05, 3.63) is 11.8 Å². The van der Waals surface area contributed by atoms with E-state index in [9.17, 15) is 4.79 Å². The molecule has 0 bridgehead atoms.